The Hall–Kier alpha value is -2.37. The topological polar surface area (TPSA) is 79.9 Å². The van der Waals surface area contributed by atoms with Crippen molar-refractivity contribution in [3.05, 3.63) is 36.3 Å². The molecule has 0 fully saturated rings. The SMILES string of the molecule is COc1cnccc1C(=O)Nc1ccn[nH]1. The molecule has 0 unspecified atom stereocenters. The first-order valence-electron chi connectivity index (χ1n) is 4.60. The lowest BCUT2D eigenvalue weighted by Crippen LogP contribution is -2.13. The Balaban J connectivity index is 2.21. The number of rotatable bonds is 3. The van der Waals surface area contributed by atoms with Gasteiger partial charge in [0.15, 0.2) is 0 Å². The molecule has 0 saturated heterocycles. The van der Waals surface area contributed by atoms with Gasteiger partial charge in [-0.15, -0.1) is 0 Å². The van der Waals surface area contributed by atoms with Gasteiger partial charge in [0.1, 0.15) is 11.6 Å². The van der Waals surface area contributed by atoms with E-state index in [1.807, 2.05) is 0 Å². The van der Waals surface area contributed by atoms with Gasteiger partial charge in [0.2, 0.25) is 0 Å². The highest BCUT2D eigenvalue weighted by Gasteiger charge is 2.12. The van der Waals surface area contributed by atoms with Crippen LogP contribution in [0.2, 0.25) is 0 Å². The van der Waals surface area contributed by atoms with Gasteiger partial charge in [-0.1, -0.05) is 0 Å². The van der Waals surface area contributed by atoms with E-state index >= 15 is 0 Å². The molecule has 0 aliphatic heterocycles. The largest absolute Gasteiger partial charge is 0.494 e. The smallest absolute Gasteiger partial charge is 0.260 e. The summed E-state index contributed by atoms with van der Waals surface area (Å²) >= 11 is 0. The third kappa shape index (κ3) is 2.00. The second kappa shape index (κ2) is 4.43. The Morgan fingerprint density at radius 2 is 2.31 bits per heavy atom. The molecule has 2 N–H and O–H groups in total. The highest BCUT2D eigenvalue weighted by atomic mass is 16.5. The highest BCUT2D eigenvalue weighted by Crippen LogP contribution is 2.16. The lowest BCUT2D eigenvalue weighted by molar-refractivity contribution is 0.102. The molecule has 2 aromatic rings. The Kier molecular flexibility index (Phi) is 2.81. The molecule has 2 heterocycles. The van der Waals surface area contributed by atoms with Crippen molar-refractivity contribution < 1.29 is 9.53 Å². The minimum Gasteiger partial charge on any atom is -0.494 e. The van der Waals surface area contributed by atoms with Crippen molar-refractivity contribution in [2.45, 2.75) is 0 Å². The van der Waals surface area contributed by atoms with Gasteiger partial charge in [0, 0.05) is 12.3 Å². The number of methoxy groups -OCH3 is 1. The minimum absolute atomic E-state index is 0.275. The molecule has 6 nitrogen and oxygen atoms in total. The zero-order valence-corrected chi connectivity index (χ0v) is 8.60. The van der Waals surface area contributed by atoms with Gasteiger partial charge in [-0.05, 0) is 6.07 Å². The number of nitrogens with zero attached hydrogens (tertiary/aromatic N) is 2. The third-order valence-corrected chi connectivity index (χ3v) is 2.00. The quantitative estimate of drug-likeness (QED) is 0.807. The molecule has 82 valence electrons. The first-order valence-corrected chi connectivity index (χ1v) is 4.60. The highest BCUT2D eigenvalue weighted by molar-refractivity contribution is 6.05. The molecule has 1 amide bonds. The normalized spacial score (nSPS) is 9.81. The zero-order valence-electron chi connectivity index (χ0n) is 8.60. The van der Waals surface area contributed by atoms with E-state index in [-0.39, 0.29) is 5.91 Å². The number of H-pyrrole nitrogens is 1. The molecular weight excluding hydrogens is 208 g/mol. The summed E-state index contributed by atoms with van der Waals surface area (Å²) < 4.78 is 5.04. The van der Waals surface area contributed by atoms with Gasteiger partial charge in [0.05, 0.1) is 25.1 Å². The molecule has 0 spiro atoms. The van der Waals surface area contributed by atoms with Gasteiger partial charge in [-0.2, -0.15) is 5.10 Å². The fourth-order valence-electron chi connectivity index (χ4n) is 1.25. The number of aromatic amines is 1. The molecule has 0 atom stereocenters. The lowest BCUT2D eigenvalue weighted by atomic mass is 10.2. The fourth-order valence-corrected chi connectivity index (χ4v) is 1.25. The maximum Gasteiger partial charge on any atom is 0.260 e. The Morgan fingerprint density at radius 1 is 1.44 bits per heavy atom. The molecule has 0 radical (unpaired) electrons. The van der Waals surface area contributed by atoms with Crippen molar-refractivity contribution in [3.63, 3.8) is 0 Å². The van der Waals surface area contributed by atoms with Gasteiger partial charge in [-0.3, -0.25) is 14.9 Å². The second-order valence-electron chi connectivity index (χ2n) is 3.00. The summed E-state index contributed by atoms with van der Waals surface area (Å²) in [5.74, 6) is 0.687. The summed E-state index contributed by atoms with van der Waals surface area (Å²) in [5.41, 5.74) is 0.423. The number of anilines is 1. The molecule has 0 aromatic carbocycles. The number of ether oxygens (including phenoxy) is 1. The van der Waals surface area contributed by atoms with Crippen LogP contribution in [0.4, 0.5) is 5.82 Å². The molecule has 0 aliphatic carbocycles. The molecule has 2 aromatic heterocycles. The van der Waals surface area contributed by atoms with Crippen LogP contribution in [-0.4, -0.2) is 28.2 Å². The van der Waals surface area contributed by atoms with E-state index in [0.29, 0.717) is 17.1 Å². The van der Waals surface area contributed by atoms with E-state index in [0.717, 1.165) is 0 Å². The Bertz CT molecular complexity index is 481. The van der Waals surface area contributed by atoms with E-state index < -0.39 is 0 Å². The van der Waals surface area contributed by atoms with Gasteiger partial charge < -0.3 is 10.1 Å². The number of hydrogen-bond donors (Lipinski definition) is 2. The van der Waals surface area contributed by atoms with Gasteiger partial charge in [-0.25, -0.2) is 0 Å². The zero-order chi connectivity index (χ0) is 11.4. The summed E-state index contributed by atoms with van der Waals surface area (Å²) in [6.07, 6.45) is 4.58. The monoisotopic (exact) mass is 218 g/mol. The van der Waals surface area contributed by atoms with E-state index in [1.54, 1.807) is 18.3 Å². The van der Waals surface area contributed by atoms with Crippen LogP contribution in [0.15, 0.2) is 30.7 Å². The molecule has 6 heteroatoms. The molecule has 0 bridgehead atoms. The van der Waals surface area contributed by atoms with Crippen LogP contribution in [0.3, 0.4) is 0 Å². The van der Waals surface area contributed by atoms with Crippen LogP contribution in [0.1, 0.15) is 10.4 Å². The molecule has 0 aliphatic rings. The lowest BCUT2D eigenvalue weighted by Gasteiger charge is -2.06. The predicted octanol–water partition coefficient (Wildman–Crippen LogP) is 1.07. The van der Waals surface area contributed by atoms with Crippen molar-refractivity contribution in [3.8, 4) is 5.75 Å². The summed E-state index contributed by atoms with van der Waals surface area (Å²) in [4.78, 5) is 15.7. The summed E-state index contributed by atoms with van der Waals surface area (Å²) in [6.45, 7) is 0. The number of nitrogens with one attached hydrogen (secondary N) is 2. The van der Waals surface area contributed by atoms with Crippen LogP contribution < -0.4 is 10.1 Å². The molecule has 16 heavy (non-hydrogen) atoms. The molecular formula is C10H10N4O2. The Labute approximate surface area is 91.7 Å². The van der Waals surface area contributed by atoms with Crippen LogP contribution in [-0.2, 0) is 0 Å². The maximum absolute atomic E-state index is 11.8. The summed E-state index contributed by atoms with van der Waals surface area (Å²) in [6, 6.07) is 3.25. The van der Waals surface area contributed by atoms with Gasteiger partial charge in [0.25, 0.3) is 5.91 Å². The van der Waals surface area contributed by atoms with Crippen molar-refractivity contribution >= 4 is 11.7 Å². The summed E-state index contributed by atoms with van der Waals surface area (Å²) in [5, 5.41) is 9.01. The van der Waals surface area contributed by atoms with Crippen molar-refractivity contribution in [1.82, 2.24) is 15.2 Å². The van der Waals surface area contributed by atoms with E-state index in [2.05, 4.69) is 20.5 Å². The predicted molar refractivity (Wildman–Crippen MR) is 57.3 cm³/mol. The van der Waals surface area contributed by atoms with Crippen LogP contribution in [0, 0.1) is 0 Å². The first kappa shape index (κ1) is 10.2. The van der Waals surface area contributed by atoms with Gasteiger partial charge >= 0.3 is 0 Å². The van der Waals surface area contributed by atoms with Crippen LogP contribution >= 0.6 is 0 Å². The van der Waals surface area contributed by atoms with Crippen molar-refractivity contribution in [2.24, 2.45) is 0 Å². The van der Waals surface area contributed by atoms with E-state index in [9.17, 15) is 4.79 Å². The molecule has 0 saturated carbocycles. The molecule has 2 rings (SSSR count). The standard InChI is InChI=1S/C10H10N4O2/c1-16-8-6-11-4-2-7(8)10(15)13-9-3-5-12-14-9/h2-6H,1H3,(H2,12,13,14,15). The number of hydrogen-bond acceptors (Lipinski definition) is 4. The maximum atomic E-state index is 11.8. The Morgan fingerprint density at radius 3 is 3.00 bits per heavy atom. The van der Waals surface area contributed by atoms with E-state index in [4.69, 9.17) is 4.74 Å². The van der Waals surface area contributed by atoms with Crippen molar-refractivity contribution in [1.29, 1.82) is 0 Å². The number of carbonyl (C=O) groups excluding carboxylic acids is 1. The van der Waals surface area contributed by atoms with Crippen LogP contribution in [0.25, 0.3) is 0 Å². The van der Waals surface area contributed by atoms with Crippen LogP contribution in [0.5, 0.6) is 5.75 Å². The average Bonchev–Trinajstić information content (AvgIpc) is 2.81. The number of carbonyl (C=O) groups is 1. The minimum atomic E-state index is -0.275. The van der Waals surface area contributed by atoms with E-state index in [1.165, 1.54) is 19.5 Å². The number of aromatic nitrogens is 3. The fraction of sp³-hybridized carbons (Fsp3) is 0.100. The second-order valence-corrected chi connectivity index (χ2v) is 3.00. The first-order chi connectivity index (χ1) is 7.81. The number of pyridine rings is 1. The average molecular weight is 218 g/mol. The number of amides is 1. The third-order valence-electron chi connectivity index (χ3n) is 2.00. The van der Waals surface area contributed by atoms with Crippen molar-refractivity contribution in [2.75, 3.05) is 12.4 Å². The summed E-state index contributed by atoms with van der Waals surface area (Å²) in [7, 11) is 1.49.